The number of carbonyl (C=O) groups excluding carboxylic acids is 16. The van der Waals surface area contributed by atoms with Gasteiger partial charge in [0.2, 0.25) is 94.5 Å². The summed E-state index contributed by atoms with van der Waals surface area (Å²) in [5.74, 6) is -16.2. The van der Waals surface area contributed by atoms with Crippen LogP contribution in [-0.2, 0) is 124 Å². The summed E-state index contributed by atoms with van der Waals surface area (Å²) in [6, 6.07) is 0. The Labute approximate surface area is 744 Å². The number of aliphatic hydroxyl groups is 1. The van der Waals surface area contributed by atoms with E-state index in [1.165, 1.54) is 59.3 Å². The summed E-state index contributed by atoms with van der Waals surface area (Å²) < 4.78 is 36.5. The minimum absolute atomic E-state index is 0.00374. The number of nitrogens with two attached hydrogens (primary N) is 4. The molecule has 1 saturated heterocycles. The molecule has 1 fully saturated rings. The summed E-state index contributed by atoms with van der Waals surface area (Å²) in [6.07, 6.45) is -1.75. The van der Waals surface area contributed by atoms with E-state index in [9.17, 15) is 112 Å². The molecule has 0 saturated carbocycles. The van der Waals surface area contributed by atoms with Gasteiger partial charge >= 0.3 is 17.9 Å². The largest absolute Gasteiger partial charge is 0.481 e. The second kappa shape index (κ2) is 66.4. The molecule has 13 N–H and O–H groups in total. The van der Waals surface area contributed by atoms with Crippen molar-refractivity contribution in [2.45, 2.75) is 77.7 Å². The number of carboxylic acid groups (broad SMARTS) is 3. The van der Waals surface area contributed by atoms with Crippen molar-refractivity contribution in [1.29, 1.82) is 0 Å². The third-order valence-corrected chi connectivity index (χ3v) is 20.5. The fraction of sp³-hybridized carbons (Fsp3) is 0.756. The van der Waals surface area contributed by atoms with Gasteiger partial charge in [0.05, 0.1) is 156 Å². The van der Waals surface area contributed by atoms with E-state index in [0.717, 1.165) is 58.8 Å². The molecule has 1 aliphatic heterocycles. The van der Waals surface area contributed by atoms with Gasteiger partial charge in [-0.05, 0) is 18.8 Å². The van der Waals surface area contributed by atoms with Crippen LogP contribution in [-0.4, -0.2) is 499 Å². The molecule has 0 aliphatic carbocycles. The molecule has 48 nitrogen and oxygen atoms in total. The van der Waals surface area contributed by atoms with Crippen molar-refractivity contribution < 1.29 is 145 Å². The molecule has 49 heteroatoms. The van der Waals surface area contributed by atoms with Gasteiger partial charge in [-0.25, -0.2) is 0 Å². The number of primary amides is 1. The average Bonchev–Trinajstić information content (AvgIpc) is 1.47. The Morgan fingerprint density at radius 1 is 0.394 bits per heavy atom. The zero-order valence-corrected chi connectivity index (χ0v) is 75.4. The molecule has 0 aromatic heterocycles. The first-order valence-electron chi connectivity index (χ1n) is 41.6. The molecule has 16 amide bonds. The number of aliphatic carboxylic acids is 3. The second-order valence-electron chi connectivity index (χ2n) is 29.8. The first-order chi connectivity index (χ1) is 60.4. The van der Waals surface area contributed by atoms with Crippen molar-refractivity contribution in [3.63, 3.8) is 0 Å². The van der Waals surface area contributed by atoms with Crippen LogP contribution < -0.4 is 28.3 Å². The number of hydrogen-bond donors (Lipinski definition) is 9. The molecule has 0 radical (unpaired) electrons. The monoisotopic (exact) mass is 1840 g/mol. The Kier molecular flexibility index (Phi) is 60.2. The predicted molar refractivity (Wildman–Crippen MR) is 453 cm³/mol. The van der Waals surface area contributed by atoms with Crippen molar-refractivity contribution in [2.24, 2.45) is 34.8 Å². The Morgan fingerprint density at radius 3 is 0.953 bits per heavy atom. The van der Waals surface area contributed by atoms with Crippen LogP contribution >= 0.6 is 11.8 Å². The van der Waals surface area contributed by atoms with Gasteiger partial charge in [-0.2, -0.15) is 11.8 Å². The molecule has 0 spiro atoms. The predicted octanol–water partition coefficient (Wildman–Crippen LogP) is -8.20. The number of hydrogen-bond acceptors (Lipinski definition) is 31. The summed E-state index contributed by atoms with van der Waals surface area (Å²) in [4.78, 5) is 269. The van der Waals surface area contributed by atoms with Crippen molar-refractivity contribution in [3.05, 3.63) is 0 Å². The van der Waals surface area contributed by atoms with Gasteiger partial charge in [-0.3, -0.25) is 96.0 Å². The van der Waals surface area contributed by atoms with E-state index in [4.69, 9.17) is 56.1 Å². The molecule has 2 atom stereocenters. The van der Waals surface area contributed by atoms with E-state index < -0.39 is 230 Å². The van der Waals surface area contributed by atoms with Crippen molar-refractivity contribution in [1.82, 2.24) is 69.0 Å². The number of rotatable bonds is 74. The van der Waals surface area contributed by atoms with Crippen molar-refractivity contribution in [3.8, 4) is 0 Å². The smallest absolute Gasteiger partial charge is 0.305 e. The molecular formula is C78H136N18O30S. The molecule has 127 heavy (non-hydrogen) atoms. The number of thioether (sulfide) groups is 1. The number of amides is 16. The number of carbonyl (C=O) groups is 19. The number of carboxylic acids is 3. The van der Waals surface area contributed by atoms with Gasteiger partial charge in [0.15, 0.2) is 0 Å². The lowest BCUT2D eigenvalue weighted by Crippen LogP contribution is -2.54. The van der Waals surface area contributed by atoms with Crippen molar-refractivity contribution in [2.75, 3.05) is 297 Å². The Morgan fingerprint density at radius 2 is 0.677 bits per heavy atom. The number of ether oxygens (including phenoxy) is 7. The van der Waals surface area contributed by atoms with E-state index in [1.807, 2.05) is 13.8 Å². The minimum Gasteiger partial charge on any atom is -0.481 e. The number of unbranched alkanes of at least 4 members (excludes halogenated alkanes) is 2. The topological polar surface area (TPSA) is 628 Å². The molecule has 0 aromatic rings. The van der Waals surface area contributed by atoms with Crippen LogP contribution in [0.4, 0.5) is 0 Å². The fourth-order valence-electron chi connectivity index (χ4n) is 12.2. The summed E-state index contributed by atoms with van der Waals surface area (Å²) >= 11 is 1.34. The third-order valence-electron chi connectivity index (χ3n) is 19.2. The first kappa shape index (κ1) is 115. The second-order valence-corrected chi connectivity index (χ2v) is 30.9. The zero-order chi connectivity index (χ0) is 95.5. The Balaban J connectivity index is 3.39. The number of aliphatic hydroxyl groups excluding tert-OH is 1. The SMILES string of the molecule is COCCN(CC(N)=O)C(=O)CN(CCC(=O)O)C(=O)CN(CCOC)C(=O)CN(CCN)C(=O)CN(CCOC)C(=O)CN(CCC(=O)O)C(=O)CN(CCOC)C(=O)CN(CCN)C(=O)CN(CCOC)C(=O)CN(CCC(=O)O)C(=O)CN(CCOC)C(=O)CN(CCN)C(=O)CCCCCNC(=O)CCN1C(=O)CC(CSCC(O)COCC(C)C)C1=O. The van der Waals surface area contributed by atoms with Gasteiger partial charge in [-0.15, -0.1) is 0 Å². The molecule has 1 aliphatic rings. The van der Waals surface area contributed by atoms with Crippen LogP contribution in [0.15, 0.2) is 0 Å². The molecule has 0 aromatic carbocycles. The van der Waals surface area contributed by atoms with Crippen LogP contribution in [0.3, 0.4) is 0 Å². The Hall–Kier alpha value is -9.96. The van der Waals surface area contributed by atoms with E-state index in [1.54, 1.807) is 0 Å². The summed E-state index contributed by atoms with van der Waals surface area (Å²) in [5, 5.41) is 42.1. The highest BCUT2D eigenvalue weighted by Crippen LogP contribution is 2.25. The van der Waals surface area contributed by atoms with Gasteiger partial charge < -0.3 is 141 Å². The van der Waals surface area contributed by atoms with E-state index in [-0.39, 0.29) is 169 Å². The molecule has 2 unspecified atom stereocenters. The standard InChI is InChI=1S/C78H136N18O30S/c1-57(2)53-126-54-59(97)56-127-55-58-40-63(101)96(78(58)119)24-13-61(99)83-20-11-9-10-12-62(100)87(25-17-79)45-72(110)91(29-35-121-4)48-65(103)85(22-15-76(115)116)43-70(108)94(32-38-124-7)51-68(106)89(27-19-81)47-74(112)93(31-37-123-6)50-66(104)86(23-16-77(117)118)44-71(109)95(33-39-125-8)52-67(105)88(26-18-80)46-73(111)92(30-36-122-5)49-64(102)84(21-14-75(113)114)42-69(107)90(28-34-120-3)41-60(82)98/h57-59,97H,9-56,79-81H2,1-8H3,(H2,82,98)(H,83,99)(H,113,114)(H,115,116)(H,117,118). The maximum absolute atomic E-state index is 14.5. The molecule has 1 rings (SSSR count). The molecular weight excluding hydrogens is 1700 g/mol. The molecule has 1 heterocycles. The summed E-state index contributed by atoms with van der Waals surface area (Å²) in [7, 11) is 7.77. The lowest BCUT2D eigenvalue weighted by Gasteiger charge is -2.33. The summed E-state index contributed by atoms with van der Waals surface area (Å²) in [5.41, 5.74) is 23.1. The normalized spacial score (nSPS) is 12.5. The number of likely N-dealkylation sites (tertiary alicyclic amines) is 1. The number of nitrogens with one attached hydrogen (secondary N) is 1. The quantitative estimate of drug-likeness (QED) is 0.0202. The first-order valence-corrected chi connectivity index (χ1v) is 42.8. The maximum Gasteiger partial charge on any atom is 0.305 e. The van der Waals surface area contributed by atoms with Crippen LogP contribution in [0.2, 0.25) is 0 Å². The zero-order valence-electron chi connectivity index (χ0n) is 74.6. The third kappa shape index (κ3) is 48.7. The Bertz CT molecular complexity index is 3500. The van der Waals surface area contributed by atoms with Crippen LogP contribution in [0.1, 0.15) is 71.6 Å². The number of imide groups is 1. The van der Waals surface area contributed by atoms with Crippen LogP contribution in [0, 0.1) is 11.8 Å². The minimum atomic E-state index is -1.42. The van der Waals surface area contributed by atoms with Crippen LogP contribution in [0.5, 0.6) is 0 Å². The van der Waals surface area contributed by atoms with Crippen molar-refractivity contribution >= 4 is 124 Å². The lowest BCUT2D eigenvalue weighted by molar-refractivity contribution is -0.150. The highest BCUT2D eigenvalue weighted by atomic mass is 32.2. The highest BCUT2D eigenvalue weighted by molar-refractivity contribution is 7.99. The van der Waals surface area contributed by atoms with Gasteiger partial charge in [0.25, 0.3) is 0 Å². The van der Waals surface area contributed by atoms with Gasteiger partial charge in [0.1, 0.15) is 0 Å². The molecule has 724 valence electrons. The van der Waals surface area contributed by atoms with E-state index >= 15 is 0 Å². The van der Waals surface area contributed by atoms with E-state index in [0.29, 0.717) is 43.3 Å². The number of methoxy groups -OCH3 is 6. The summed E-state index contributed by atoms with van der Waals surface area (Å²) in [6.45, 7) is -10.2. The van der Waals surface area contributed by atoms with Crippen LogP contribution in [0.25, 0.3) is 0 Å². The fourth-order valence-corrected chi connectivity index (χ4v) is 13.2. The number of nitrogens with zero attached hydrogens (tertiary/aromatic N) is 13. The molecule has 0 bridgehead atoms. The van der Waals surface area contributed by atoms with Gasteiger partial charge in [-0.1, -0.05) is 20.3 Å². The van der Waals surface area contributed by atoms with E-state index in [2.05, 4.69) is 5.32 Å². The highest BCUT2D eigenvalue weighted by Gasteiger charge is 2.39. The maximum atomic E-state index is 14.5. The average molecular weight is 1840 g/mol. The van der Waals surface area contributed by atoms with Gasteiger partial charge in [0, 0.05) is 191 Å². The lowest BCUT2D eigenvalue weighted by atomic mass is 10.1.